The van der Waals surface area contributed by atoms with Crippen LogP contribution in [0.25, 0.3) is 10.6 Å². The molecule has 0 atom stereocenters. The zero-order valence-electron chi connectivity index (χ0n) is 13.7. The van der Waals surface area contributed by atoms with Crippen molar-refractivity contribution in [1.29, 1.82) is 0 Å². The van der Waals surface area contributed by atoms with Gasteiger partial charge in [-0.25, -0.2) is 4.98 Å². The Bertz CT molecular complexity index is 596. The van der Waals surface area contributed by atoms with Crippen LogP contribution >= 0.6 is 11.3 Å². The van der Waals surface area contributed by atoms with Crippen LogP contribution in [0, 0.1) is 0 Å². The minimum absolute atomic E-state index is 0.0684. The Morgan fingerprint density at radius 3 is 2.62 bits per heavy atom. The molecule has 1 N–H and O–H groups in total. The Hall–Kier alpha value is -1.26. The lowest BCUT2D eigenvalue weighted by Crippen LogP contribution is -2.18. The van der Waals surface area contributed by atoms with E-state index < -0.39 is 0 Å². The first-order valence-electron chi connectivity index (χ1n) is 7.61. The second kappa shape index (κ2) is 6.67. The minimum atomic E-state index is 0.0684. The van der Waals surface area contributed by atoms with Gasteiger partial charge in [-0.2, -0.15) is 0 Å². The lowest BCUT2D eigenvalue weighted by molar-refractivity contribution is 0.561. The zero-order valence-corrected chi connectivity index (χ0v) is 14.5. The summed E-state index contributed by atoms with van der Waals surface area (Å²) in [5.74, 6) is 0. The predicted molar refractivity (Wildman–Crippen MR) is 90.8 cm³/mol. The maximum atomic E-state index is 4.96. The first kappa shape index (κ1) is 16.1. The van der Waals surface area contributed by atoms with Gasteiger partial charge in [0.15, 0.2) is 0 Å². The predicted octanol–water partition coefficient (Wildman–Crippen LogP) is 4.17. The molecular weight excluding hydrogens is 278 g/mol. The van der Waals surface area contributed by atoms with Crippen molar-refractivity contribution in [2.45, 2.75) is 53.0 Å². The fourth-order valence-corrected chi connectivity index (χ4v) is 3.63. The molecule has 0 aliphatic rings. The van der Waals surface area contributed by atoms with Gasteiger partial charge in [-0.1, -0.05) is 34.6 Å². The fourth-order valence-electron chi connectivity index (χ4n) is 2.33. The largest absolute Gasteiger partial charge is 0.312 e. The van der Waals surface area contributed by atoms with E-state index in [1.165, 1.54) is 21.7 Å². The van der Waals surface area contributed by atoms with Crippen molar-refractivity contribution in [3.05, 3.63) is 34.6 Å². The second-order valence-corrected chi connectivity index (χ2v) is 7.29. The molecule has 0 fully saturated rings. The van der Waals surface area contributed by atoms with Gasteiger partial charge in [0.25, 0.3) is 0 Å². The van der Waals surface area contributed by atoms with E-state index in [1.54, 1.807) is 0 Å². The van der Waals surface area contributed by atoms with Gasteiger partial charge in [0.05, 0.1) is 5.69 Å². The molecule has 114 valence electrons. The summed E-state index contributed by atoms with van der Waals surface area (Å²) in [6.07, 6.45) is 4.80. The van der Waals surface area contributed by atoms with Crippen molar-refractivity contribution in [2.24, 2.45) is 0 Å². The van der Waals surface area contributed by atoms with Crippen molar-refractivity contribution in [3.63, 3.8) is 0 Å². The number of aryl methyl sites for hydroxylation is 1. The smallest absolute Gasteiger partial charge is 0.124 e. The van der Waals surface area contributed by atoms with Crippen LogP contribution in [0.5, 0.6) is 0 Å². The van der Waals surface area contributed by atoms with Crippen molar-refractivity contribution in [1.82, 2.24) is 15.3 Å². The van der Waals surface area contributed by atoms with Crippen molar-refractivity contribution >= 4 is 11.3 Å². The molecule has 0 aromatic carbocycles. The Labute approximate surface area is 131 Å². The van der Waals surface area contributed by atoms with Gasteiger partial charge < -0.3 is 5.32 Å². The maximum absolute atomic E-state index is 4.96. The third-order valence-corrected chi connectivity index (χ3v) is 4.55. The summed E-state index contributed by atoms with van der Waals surface area (Å²) in [4.78, 5) is 10.5. The molecule has 2 rings (SSSR count). The number of nitrogens with one attached hydrogen (secondary N) is 1. The number of thiazole rings is 1. The molecule has 2 heterocycles. The summed E-state index contributed by atoms with van der Waals surface area (Å²) in [6.45, 7) is 12.9. The number of hydrogen-bond acceptors (Lipinski definition) is 4. The average Bonchev–Trinajstić information content (AvgIpc) is 2.89. The quantitative estimate of drug-likeness (QED) is 0.900. The van der Waals surface area contributed by atoms with Gasteiger partial charge in [-0.3, -0.25) is 4.98 Å². The monoisotopic (exact) mass is 303 g/mol. The van der Waals surface area contributed by atoms with Crippen LogP contribution in [0.15, 0.2) is 18.5 Å². The summed E-state index contributed by atoms with van der Waals surface area (Å²) in [5.41, 5.74) is 3.77. The Morgan fingerprint density at radius 1 is 1.24 bits per heavy atom. The molecule has 3 nitrogen and oxygen atoms in total. The normalized spacial score (nSPS) is 11.9. The van der Waals surface area contributed by atoms with Crippen LogP contribution in [0.4, 0.5) is 0 Å². The SMILES string of the molecule is CCNCc1sc(-c2ccncc2CC)nc1C(C)(C)C. The zero-order chi connectivity index (χ0) is 15.5. The fraction of sp³-hybridized carbons (Fsp3) is 0.529. The van der Waals surface area contributed by atoms with Crippen molar-refractivity contribution in [2.75, 3.05) is 6.54 Å². The molecule has 21 heavy (non-hydrogen) atoms. The number of nitrogens with zero attached hydrogens (tertiary/aromatic N) is 2. The molecule has 4 heteroatoms. The molecule has 0 unspecified atom stereocenters. The van der Waals surface area contributed by atoms with Crippen molar-refractivity contribution in [3.8, 4) is 10.6 Å². The first-order valence-corrected chi connectivity index (χ1v) is 8.43. The first-order chi connectivity index (χ1) is 9.97. The summed E-state index contributed by atoms with van der Waals surface area (Å²) >= 11 is 1.81. The van der Waals surface area contributed by atoms with Gasteiger partial charge in [0.1, 0.15) is 5.01 Å². The highest BCUT2D eigenvalue weighted by Gasteiger charge is 2.24. The highest BCUT2D eigenvalue weighted by Crippen LogP contribution is 2.35. The summed E-state index contributed by atoms with van der Waals surface area (Å²) < 4.78 is 0. The number of rotatable bonds is 5. The number of hydrogen-bond donors (Lipinski definition) is 1. The third kappa shape index (κ3) is 3.69. The molecule has 0 aliphatic heterocycles. The molecular formula is C17H25N3S. The highest BCUT2D eigenvalue weighted by atomic mass is 32.1. The standard InChI is InChI=1S/C17H25N3S/c1-6-12-10-19-9-8-13(12)16-20-15(17(3,4)5)14(21-16)11-18-7-2/h8-10,18H,6-7,11H2,1-5H3. The third-order valence-electron chi connectivity index (χ3n) is 3.46. The van der Waals surface area contributed by atoms with Crippen LogP contribution in [-0.2, 0) is 18.4 Å². The molecule has 0 aliphatic carbocycles. The molecule has 0 bridgehead atoms. The minimum Gasteiger partial charge on any atom is -0.312 e. The second-order valence-electron chi connectivity index (χ2n) is 6.21. The van der Waals surface area contributed by atoms with E-state index in [0.29, 0.717) is 0 Å². The average molecular weight is 303 g/mol. The molecule has 0 amide bonds. The number of aromatic nitrogens is 2. The van der Waals surface area contributed by atoms with Gasteiger partial charge in [0.2, 0.25) is 0 Å². The van der Waals surface area contributed by atoms with E-state index in [2.05, 4.69) is 51.0 Å². The van der Waals surface area contributed by atoms with E-state index in [0.717, 1.165) is 24.5 Å². The van der Waals surface area contributed by atoms with Crippen LogP contribution in [-0.4, -0.2) is 16.5 Å². The van der Waals surface area contributed by atoms with Gasteiger partial charge in [0, 0.05) is 34.8 Å². The molecule has 0 saturated carbocycles. The van der Waals surface area contributed by atoms with E-state index in [-0.39, 0.29) is 5.41 Å². The van der Waals surface area contributed by atoms with Gasteiger partial charge in [-0.05, 0) is 24.6 Å². The van der Waals surface area contributed by atoms with Crippen LogP contribution < -0.4 is 5.32 Å². The van der Waals surface area contributed by atoms with Gasteiger partial charge >= 0.3 is 0 Å². The van der Waals surface area contributed by atoms with Crippen molar-refractivity contribution < 1.29 is 0 Å². The summed E-state index contributed by atoms with van der Waals surface area (Å²) in [7, 11) is 0. The van der Waals surface area contributed by atoms with Crippen LogP contribution in [0.3, 0.4) is 0 Å². The molecule has 0 spiro atoms. The highest BCUT2D eigenvalue weighted by molar-refractivity contribution is 7.15. The molecule has 2 aromatic heterocycles. The van der Waals surface area contributed by atoms with Crippen LogP contribution in [0.1, 0.15) is 50.8 Å². The van der Waals surface area contributed by atoms with E-state index in [1.807, 2.05) is 23.7 Å². The summed E-state index contributed by atoms with van der Waals surface area (Å²) in [5, 5.41) is 4.55. The van der Waals surface area contributed by atoms with E-state index in [4.69, 9.17) is 4.98 Å². The molecule has 0 saturated heterocycles. The molecule has 0 radical (unpaired) electrons. The lowest BCUT2D eigenvalue weighted by Gasteiger charge is -2.17. The van der Waals surface area contributed by atoms with E-state index in [9.17, 15) is 0 Å². The Balaban J connectivity index is 2.48. The Morgan fingerprint density at radius 2 is 2.00 bits per heavy atom. The topological polar surface area (TPSA) is 37.8 Å². The summed E-state index contributed by atoms with van der Waals surface area (Å²) in [6, 6.07) is 2.08. The van der Waals surface area contributed by atoms with Gasteiger partial charge in [-0.15, -0.1) is 11.3 Å². The lowest BCUT2D eigenvalue weighted by atomic mass is 9.91. The maximum Gasteiger partial charge on any atom is 0.124 e. The van der Waals surface area contributed by atoms with Crippen LogP contribution in [0.2, 0.25) is 0 Å². The van der Waals surface area contributed by atoms with E-state index >= 15 is 0 Å². The molecule has 2 aromatic rings. The Kier molecular flexibility index (Phi) is 5.12. The number of pyridine rings is 1.